The van der Waals surface area contributed by atoms with Gasteiger partial charge < -0.3 is 19.6 Å². The Hall–Kier alpha value is -2.67. The molecule has 0 N–H and O–H groups in total. The largest absolute Gasteiger partial charge is 0.368 e. The Kier molecular flexibility index (Phi) is 5.43. The van der Waals surface area contributed by atoms with Crippen LogP contribution in [0.15, 0.2) is 36.7 Å². The number of benzene rings is 1. The minimum Gasteiger partial charge on any atom is -0.368 e. The van der Waals surface area contributed by atoms with Crippen LogP contribution in [0.4, 0.5) is 11.6 Å². The van der Waals surface area contributed by atoms with Gasteiger partial charge in [0.2, 0.25) is 5.95 Å². The minimum atomic E-state index is 0.0221. The first-order chi connectivity index (χ1) is 13.6. The van der Waals surface area contributed by atoms with Gasteiger partial charge in [-0.15, -0.1) is 0 Å². The van der Waals surface area contributed by atoms with Crippen LogP contribution in [0.3, 0.4) is 0 Å². The molecule has 2 aliphatic rings. The van der Waals surface area contributed by atoms with E-state index in [1.807, 2.05) is 4.90 Å². The first-order valence-electron chi connectivity index (χ1n) is 9.96. The quantitative estimate of drug-likeness (QED) is 0.804. The summed E-state index contributed by atoms with van der Waals surface area (Å²) in [7, 11) is 2.12. The highest BCUT2D eigenvalue weighted by molar-refractivity contribution is 5.93. The number of piperazine rings is 2. The van der Waals surface area contributed by atoms with Crippen LogP contribution in [0, 0.1) is 6.92 Å². The molecule has 1 amide bonds. The fourth-order valence-electron chi connectivity index (χ4n) is 3.78. The first kappa shape index (κ1) is 18.7. The Morgan fingerprint density at radius 1 is 0.893 bits per heavy atom. The molecule has 4 rings (SSSR count). The third-order valence-electron chi connectivity index (χ3n) is 5.60. The van der Waals surface area contributed by atoms with Crippen molar-refractivity contribution in [3.63, 3.8) is 0 Å². The predicted octanol–water partition coefficient (Wildman–Crippen LogP) is 1.50. The van der Waals surface area contributed by atoms with Crippen LogP contribution < -0.4 is 9.80 Å². The number of hydrogen-bond acceptors (Lipinski definition) is 6. The van der Waals surface area contributed by atoms with Crippen molar-refractivity contribution in [2.75, 3.05) is 69.2 Å². The molecule has 3 heterocycles. The number of amides is 1. The molecular weight excluding hydrogens is 352 g/mol. The lowest BCUT2D eigenvalue weighted by Gasteiger charge is -2.36. The van der Waals surface area contributed by atoms with Gasteiger partial charge >= 0.3 is 0 Å². The highest BCUT2D eigenvalue weighted by Gasteiger charge is 2.23. The highest BCUT2D eigenvalue weighted by Crippen LogP contribution is 2.19. The molecule has 0 unspecified atom stereocenters. The van der Waals surface area contributed by atoms with Crippen LogP contribution >= 0.6 is 0 Å². The molecule has 1 aromatic heterocycles. The van der Waals surface area contributed by atoms with Gasteiger partial charge in [-0.25, -0.2) is 9.97 Å². The van der Waals surface area contributed by atoms with Crippen LogP contribution in [0.2, 0.25) is 0 Å². The van der Waals surface area contributed by atoms with E-state index >= 15 is 0 Å². The monoisotopic (exact) mass is 380 g/mol. The van der Waals surface area contributed by atoms with Crippen molar-refractivity contribution < 1.29 is 4.79 Å². The second-order valence-corrected chi connectivity index (χ2v) is 7.68. The van der Waals surface area contributed by atoms with Gasteiger partial charge in [0.05, 0.1) is 5.56 Å². The summed E-state index contributed by atoms with van der Waals surface area (Å²) < 4.78 is 0. The lowest BCUT2D eigenvalue weighted by Crippen LogP contribution is -2.49. The Balaban J connectivity index is 1.35. The molecule has 7 nitrogen and oxygen atoms in total. The van der Waals surface area contributed by atoms with Crippen molar-refractivity contribution in [2.24, 2.45) is 0 Å². The maximum Gasteiger partial charge on any atom is 0.257 e. The molecule has 0 aliphatic carbocycles. The first-order valence-corrected chi connectivity index (χ1v) is 9.96. The summed E-state index contributed by atoms with van der Waals surface area (Å²) in [6.45, 7) is 9.08. The Bertz CT molecular complexity index is 808. The van der Waals surface area contributed by atoms with Gasteiger partial charge in [-0.2, -0.15) is 0 Å². The highest BCUT2D eigenvalue weighted by atomic mass is 16.2. The molecule has 2 saturated heterocycles. The van der Waals surface area contributed by atoms with Gasteiger partial charge in [-0.05, 0) is 31.7 Å². The Morgan fingerprint density at radius 2 is 1.54 bits per heavy atom. The van der Waals surface area contributed by atoms with Crippen LogP contribution in [0.5, 0.6) is 0 Å². The zero-order valence-electron chi connectivity index (χ0n) is 16.7. The molecule has 148 valence electrons. The SMILES string of the molecule is Cc1cccc(N2CCN(C(=O)c3cnc(N4CCN(C)CC4)nc3)CC2)c1. The van der Waals surface area contributed by atoms with Crippen LogP contribution in [0.25, 0.3) is 0 Å². The van der Waals surface area contributed by atoms with Gasteiger partial charge in [0.1, 0.15) is 0 Å². The number of nitrogens with zero attached hydrogens (tertiary/aromatic N) is 6. The molecule has 0 spiro atoms. The zero-order valence-corrected chi connectivity index (χ0v) is 16.7. The van der Waals surface area contributed by atoms with Crippen molar-refractivity contribution in [1.29, 1.82) is 0 Å². The maximum atomic E-state index is 12.8. The van der Waals surface area contributed by atoms with E-state index in [-0.39, 0.29) is 5.91 Å². The molecule has 2 aliphatic heterocycles. The number of aromatic nitrogens is 2. The molecule has 0 radical (unpaired) electrons. The fraction of sp³-hybridized carbons (Fsp3) is 0.476. The van der Waals surface area contributed by atoms with E-state index in [9.17, 15) is 4.79 Å². The third-order valence-corrected chi connectivity index (χ3v) is 5.60. The number of rotatable bonds is 3. The molecule has 0 bridgehead atoms. The average molecular weight is 380 g/mol. The summed E-state index contributed by atoms with van der Waals surface area (Å²) >= 11 is 0. The summed E-state index contributed by atoms with van der Waals surface area (Å²) in [5.74, 6) is 0.739. The van der Waals surface area contributed by atoms with E-state index in [1.54, 1.807) is 12.4 Å². The predicted molar refractivity (Wildman–Crippen MR) is 111 cm³/mol. The normalized spacial score (nSPS) is 18.4. The number of carbonyl (C=O) groups excluding carboxylic acids is 1. The topological polar surface area (TPSA) is 55.8 Å². The molecule has 2 aromatic rings. The summed E-state index contributed by atoms with van der Waals surface area (Å²) in [6, 6.07) is 8.52. The van der Waals surface area contributed by atoms with E-state index in [1.165, 1.54) is 11.3 Å². The molecule has 0 atom stereocenters. The van der Waals surface area contributed by atoms with Crippen molar-refractivity contribution in [1.82, 2.24) is 19.8 Å². The third kappa shape index (κ3) is 4.09. The lowest BCUT2D eigenvalue weighted by molar-refractivity contribution is 0.0746. The standard InChI is InChI=1S/C21H28N6O/c1-17-4-3-5-19(14-17)25-10-12-26(13-11-25)20(28)18-15-22-21(23-16-18)27-8-6-24(2)7-9-27/h3-5,14-16H,6-13H2,1-2H3. The lowest BCUT2D eigenvalue weighted by atomic mass is 10.2. The van der Waals surface area contributed by atoms with Gasteiger partial charge in [-0.1, -0.05) is 12.1 Å². The van der Waals surface area contributed by atoms with Gasteiger partial charge in [0, 0.05) is 70.4 Å². The van der Waals surface area contributed by atoms with Crippen molar-refractivity contribution in [3.05, 3.63) is 47.8 Å². The second kappa shape index (κ2) is 8.14. The van der Waals surface area contributed by atoms with Crippen LogP contribution in [-0.4, -0.2) is 85.1 Å². The van der Waals surface area contributed by atoms with Gasteiger partial charge in [0.25, 0.3) is 5.91 Å². The summed E-state index contributed by atoms with van der Waals surface area (Å²) in [5.41, 5.74) is 3.06. The fourth-order valence-corrected chi connectivity index (χ4v) is 3.78. The van der Waals surface area contributed by atoms with E-state index in [0.29, 0.717) is 24.6 Å². The minimum absolute atomic E-state index is 0.0221. The molecular formula is C21H28N6O. The summed E-state index contributed by atoms with van der Waals surface area (Å²) in [6.07, 6.45) is 3.35. The van der Waals surface area contributed by atoms with Crippen LogP contribution in [0.1, 0.15) is 15.9 Å². The smallest absolute Gasteiger partial charge is 0.257 e. The van der Waals surface area contributed by atoms with E-state index in [4.69, 9.17) is 0 Å². The molecule has 1 aromatic carbocycles. The van der Waals surface area contributed by atoms with Crippen LogP contribution in [-0.2, 0) is 0 Å². The second-order valence-electron chi connectivity index (χ2n) is 7.68. The Morgan fingerprint density at radius 3 is 2.18 bits per heavy atom. The van der Waals surface area contributed by atoms with Crippen molar-refractivity contribution in [3.8, 4) is 0 Å². The molecule has 7 heteroatoms. The number of likely N-dealkylation sites (N-methyl/N-ethyl adjacent to an activating group) is 1. The van der Waals surface area contributed by atoms with Gasteiger partial charge in [0.15, 0.2) is 0 Å². The maximum absolute atomic E-state index is 12.8. The summed E-state index contributed by atoms with van der Waals surface area (Å²) in [5, 5.41) is 0. The van der Waals surface area contributed by atoms with Gasteiger partial charge in [-0.3, -0.25) is 4.79 Å². The Labute approximate surface area is 166 Å². The zero-order chi connectivity index (χ0) is 19.5. The summed E-state index contributed by atoms with van der Waals surface area (Å²) in [4.78, 5) is 30.5. The molecule has 28 heavy (non-hydrogen) atoms. The van der Waals surface area contributed by atoms with E-state index in [2.05, 4.69) is 62.9 Å². The average Bonchev–Trinajstić information content (AvgIpc) is 2.74. The molecule has 2 fully saturated rings. The van der Waals surface area contributed by atoms with Crippen molar-refractivity contribution >= 4 is 17.5 Å². The number of hydrogen-bond donors (Lipinski definition) is 0. The number of aryl methyl sites for hydroxylation is 1. The molecule has 0 saturated carbocycles. The number of anilines is 2. The van der Waals surface area contributed by atoms with E-state index < -0.39 is 0 Å². The number of carbonyl (C=O) groups is 1. The van der Waals surface area contributed by atoms with E-state index in [0.717, 1.165) is 39.3 Å². The van der Waals surface area contributed by atoms with Crippen molar-refractivity contribution in [2.45, 2.75) is 6.92 Å².